The van der Waals surface area contributed by atoms with E-state index in [1.165, 1.54) is 11.1 Å². The van der Waals surface area contributed by atoms with E-state index in [4.69, 9.17) is 18.1 Å². The Morgan fingerprint density at radius 1 is 0.600 bits per heavy atom. The lowest BCUT2D eigenvalue weighted by molar-refractivity contribution is -0.0690. The van der Waals surface area contributed by atoms with Crippen LogP contribution in [0.1, 0.15) is 63.8 Å². The van der Waals surface area contributed by atoms with Gasteiger partial charge in [-0.3, -0.25) is 9.13 Å². The first-order valence-corrected chi connectivity index (χ1v) is 15.6. The van der Waals surface area contributed by atoms with Crippen LogP contribution in [-0.2, 0) is 50.4 Å². The fourth-order valence-corrected chi connectivity index (χ4v) is 7.83. The van der Waals surface area contributed by atoms with Crippen LogP contribution in [0.2, 0.25) is 0 Å². The van der Waals surface area contributed by atoms with Crippen molar-refractivity contribution >= 4 is 15.2 Å². The molecule has 1 spiro atoms. The van der Waals surface area contributed by atoms with Gasteiger partial charge in [0.1, 0.15) is 0 Å². The van der Waals surface area contributed by atoms with E-state index >= 15 is 0 Å². The Bertz CT molecular complexity index is 1010. The molecule has 2 aliphatic heterocycles. The van der Waals surface area contributed by atoms with Crippen molar-refractivity contribution in [3.8, 4) is 0 Å². The van der Waals surface area contributed by atoms with E-state index in [0.717, 1.165) is 11.1 Å². The highest BCUT2D eigenvalue weighted by Gasteiger charge is 2.48. The second kappa shape index (κ2) is 9.56. The van der Waals surface area contributed by atoms with Gasteiger partial charge in [-0.05, 0) is 33.1 Å². The Kier molecular flexibility index (Phi) is 7.32. The quantitative estimate of drug-likeness (QED) is 0.390. The van der Waals surface area contributed by atoms with Crippen LogP contribution in [0.3, 0.4) is 0 Å². The smallest absolute Gasteiger partial charge is 0.307 e. The first kappa shape index (κ1) is 26.8. The van der Waals surface area contributed by atoms with E-state index in [-0.39, 0.29) is 49.6 Å². The van der Waals surface area contributed by atoms with Gasteiger partial charge in [-0.2, -0.15) is 0 Å². The van der Waals surface area contributed by atoms with Crippen LogP contribution in [0.4, 0.5) is 0 Å². The highest BCUT2D eigenvalue weighted by Crippen LogP contribution is 2.61. The van der Waals surface area contributed by atoms with Crippen molar-refractivity contribution in [2.45, 2.75) is 64.7 Å². The summed E-state index contributed by atoms with van der Waals surface area (Å²) in [6.45, 7) is 13.7. The van der Waals surface area contributed by atoms with Gasteiger partial charge in [-0.1, -0.05) is 90.1 Å². The normalized spacial score (nSPS) is 29.9. The average Bonchev–Trinajstić information content (AvgIpc) is 2.78. The summed E-state index contributed by atoms with van der Waals surface area (Å²) < 4.78 is 49.5. The molecule has 2 aromatic rings. The number of rotatable bonds is 4. The van der Waals surface area contributed by atoms with Gasteiger partial charge in [-0.15, -0.1) is 0 Å². The maximum atomic E-state index is 13.2. The third-order valence-corrected chi connectivity index (χ3v) is 10.3. The summed E-state index contributed by atoms with van der Waals surface area (Å²) in [5, 5.41) is 0. The summed E-state index contributed by atoms with van der Waals surface area (Å²) in [6.07, 6.45) is 0.441. The summed E-state index contributed by atoms with van der Waals surface area (Å²) in [6, 6.07) is 16.2. The Morgan fingerprint density at radius 3 is 1.14 bits per heavy atom. The Labute approximate surface area is 209 Å². The van der Waals surface area contributed by atoms with Gasteiger partial charge in [0.05, 0.1) is 44.2 Å². The number of hydrogen-bond donors (Lipinski definition) is 0. The van der Waals surface area contributed by atoms with E-state index in [2.05, 4.69) is 65.8 Å². The molecule has 0 bridgehead atoms. The topological polar surface area (TPSA) is 71.1 Å². The zero-order valence-corrected chi connectivity index (χ0v) is 23.5. The zero-order chi connectivity index (χ0) is 25.5. The van der Waals surface area contributed by atoms with Crippen LogP contribution in [0, 0.1) is 5.41 Å². The molecule has 2 aliphatic rings. The molecule has 2 fully saturated rings. The Morgan fingerprint density at radius 2 is 0.886 bits per heavy atom. The fraction of sp³-hybridized carbons (Fsp3) is 0.556. The van der Waals surface area contributed by atoms with Gasteiger partial charge in [-0.25, -0.2) is 0 Å². The average molecular weight is 521 g/mol. The molecule has 0 aromatic heterocycles. The van der Waals surface area contributed by atoms with Gasteiger partial charge in [0, 0.05) is 0 Å². The summed E-state index contributed by atoms with van der Waals surface area (Å²) in [7, 11) is -6.54. The van der Waals surface area contributed by atoms with Crippen molar-refractivity contribution < 1.29 is 27.2 Å². The Balaban J connectivity index is 1.32. The molecule has 0 N–H and O–H groups in total. The molecule has 6 nitrogen and oxygen atoms in total. The molecular formula is C27H38O6P2. The van der Waals surface area contributed by atoms with Crippen LogP contribution < -0.4 is 0 Å². The zero-order valence-electron chi connectivity index (χ0n) is 21.7. The van der Waals surface area contributed by atoms with Gasteiger partial charge in [0.15, 0.2) is 0 Å². The van der Waals surface area contributed by atoms with Crippen molar-refractivity contribution in [1.82, 2.24) is 0 Å². The van der Waals surface area contributed by atoms with Crippen LogP contribution in [-0.4, -0.2) is 26.4 Å². The van der Waals surface area contributed by atoms with Crippen molar-refractivity contribution in [1.29, 1.82) is 0 Å². The molecule has 0 amide bonds. The summed E-state index contributed by atoms with van der Waals surface area (Å²) in [5.74, 6) is 0. The van der Waals surface area contributed by atoms with Crippen LogP contribution in [0.15, 0.2) is 48.5 Å². The highest BCUT2D eigenvalue weighted by molar-refractivity contribution is 7.53. The molecule has 0 saturated carbocycles. The van der Waals surface area contributed by atoms with Gasteiger partial charge in [0.2, 0.25) is 0 Å². The standard InChI is InChI=1S/C27H38O6P2/c1-25(2,3)23-11-7-21(8-12-23)15-34(28)30-17-27(18-31-34)19-32-35(29,33-20-27)16-22-9-13-24(14-10-22)26(4,5)6/h7-14H,15-20H2,1-6H3. The minimum absolute atomic E-state index is 0.0589. The highest BCUT2D eigenvalue weighted by atomic mass is 31.2. The maximum absolute atomic E-state index is 13.2. The molecule has 4 rings (SSSR count). The molecule has 8 heteroatoms. The van der Waals surface area contributed by atoms with E-state index in [0.29, 0.717) is 0 Å². The summed E-state index contributed by atoms with van der Waals surface area (Å²) in [4.78, 5) is 0. The molecule has 2 aromatic carbocycles. The molecule has 0 unspecified atom stereocenters. The van der Waals surface area contributed by atoms with Crippen LogP contribution >= 0.6 is 15.2 Å². The monoisotopic (exact) mass is 520 g/mol. The summed E-state index contributed by atoms with van der Waals surface area (Å²) in [5.41, 5.74) is 3.77. The van der Waals surface area contributed by atoms with E-state index in [1.54, 1.807) is 0 Å². The van der Waals surface area contributed by atoms with E-state index in [1.807, 2.05) is 24.3 Å². The molecule has 0 aliphatic carbocycles. The minimum atomic E-state index is -3.27. The lowest BCUT2D eigenvalue weighted by Crippen LogP contribution is -2.45. The number of benzene rings is 2. The largest absolute Gasteiger partial charge is 0.335 e. The van der Waals surface area contributed by atoms with Crippen molar-refractivity contribution in [3.63, 3.8) is 0 Å². The molecule has 2 saturated heterocycles. The van der Waals surface area contributed by atoms with Crippen LogP contribution in [0.5, 0.6) is 0 Å². The molecule has 192 valence electrons. The third kappa shape index (κ3) is 6.55. The van der Waals surface area contributed by atoms with Gasteiger partial charge in [0.25, 0.3) is 0 Å². The molecule has 0 atom stereocenters. The predicted molar refractivity (Wildman–Crippen MR) is 139 cm³/mol. The molecular weight excluding hydrogens is 482 g/mol. The summed E-state index contributed by atoms with van der Waals surface area (Å²) >= 11 is 0. The number of hydrogen-bond acceptors (Lipinski definition) is 6. The van der Waals surface area contributed by atoms with Crippen molar-refractivity contribution in [3.05, 3.63) is 70.8 Å². The maximum Gasteiger partial charge on any atom is 0.335 e. The first-order chi connectivity index (χ1) is 16.2. The van der Waals surface area contributed by atoms with Crippen molar-refractivity contribution in [2.75, 3.05) is 26.4 Å². The fourth-order valence-electron chi connectivity index (χ4n) is 4.12. The van der Waals surface area contributed by atoms with Gasteiger partial charge < -0.3 is 18.1 Å². The third-order valence-electron chi connectivity index (χ3n) is 6.66. The lowest BCUT2D eigenvalue weighted by atomic mass is 9.87. The molecule has 0 radical (unpaired) electrons. The minimum Gasteiger partial charge on any atom is -0.307 e. The first-order valence-electron chi connectivity index (χ1n) is 12.1. The second-order valence-corrected chi connectivity index (χ2v) is 16.1. The Hall–Kier alpha value is -1.26. The SMILES string of the molecule is CC(C)(C)c1ccc(CP2(=O)OCC3(CO2)COP(=O)(Cc2ccc(C(C)(C)C)cc2)OC3)cc1. The van der Waals surface area contributed by atoms with Gasteiger partial charge >= 0.3 is 15.2 Å². The lowest BCUT2D eigenvalue weighted by Gasteiger charge is -2.43. The second-order valence-electron chi connectivity index (χ2n) is 12.0. The van der Waals surface area contributed by atoms with E-state index < -0.39 is 20.6 Å². The van der Waals surface area contributed by atoms with E-state index in [9.17, 15) is 9.13 Å². The van der Waals surface area contributed by atoms with Crippen molar-refractivity contribution in [2.24, 2.45) is 5.41 Å². The predicted octanol–water partition coefficient (Wildman–Crippen LogP) is 7.45. The molecule has 35 heavy (non-hydrogen) atoms. The van der Waals surface area contributed by atoms with Crippen LogP contribution in [0.25, 0.3) is 0 Å². The molecule has 2 heterocycles.